The highest BCUT2D eigenvalue weighted by atomic mass is 16.5. The number of anilines is 1. The van der Waals surface area contributed by atoms with E-state index in [9.17, 15) is 19.2 Å². The molecule has 3 unspecified atom stereocenters. The molecule has 0 spiro atoms. The van der Waals surface area contributed by atoms with Crippen molar-refractivity contribution < 1.29 is 23.9 Å². The topological polar surface area (TPSA) is 111 Å². The molecule has 3 atom stereocenters. The summed E-state index contributed by atoms with van der Waals surface area (Å²) in [6.45, 7) is 12.2. The molecule has 0 bridgehead atoms. The van der Waals surface area contributed by atoms with Crippen LogP contribution < -0.4 is 10.6 Å². The molecular formula is C33H41N5O5. The fraction of sp³-hybridized carbons (Fsp3) is 0.515. The number of benzene rings is 2. The normalized spacial score (nSPS) is 24.5. The number of amides is 4. The summed E-state index contributed by atoms with van der Waals surface area (Å²) in [5.41, 5.74) is 4.69. The number of fused-ring (bicyclic) bond motifs is 1. The van der Waals surface area contributed by atoms with Crippen LogP contribution in [0.25, 0.3) is 0 Å². The minimum Gasteiger partial charge on any atom is -0.380 e. The Morgan fingerprint density at radius 3 is 2.56 bits per heavy atom. The van der Waals surface area contributed by atoms with Crippen LogP contribution in [0, 0.1) is 6.92 Å². The summed E-state index contributed by atoms with van der Waals surface area (Å²) in [5.74, 6) is -2.02. The summed E-state index contributed by atoms with van der Waals surface area (Å²) in [5, 5.41) is 5.58. The van der Waals surface area contributed by atoms with Crippen molar-refractivity contribution in [1.29, 1.82) is 0 Å². The second-order valence-corrected chi connectivity index (χ2v) is 12.4. The van der Waals surface area contributed by atoms with Gasteiger partial charge in [-0.25, -0.2) is 0 Å². The SMILES string of the molecule is CCN(CC1CCC(C)O1)C1CN(Cc2ccc(CNc3cccc4c3C(=O)N(C3CCC(=O)NC3=O)C4=O)cc2C)C1. The fourth-order valence-electron chi connectivity index (χ4n) is 6.87. The Hall–Kier alpha value is -3.60. The lowest BCUT2D eigenvalue weighted by Crippen LogP contribution is -2.59. The van der Waals surface area contributed by atoms with Crippen molar-refractivity contribution in [3.05, 3.63) is 64.2 Å². The van der Waals surface area contributed by atoms with Crippen molar-refractivity contribution in [2.24, 2.45) is 0 Å². The zero-order valence-corrected chi connectivity index (χ0v) is 25.2. The first kappa shape index (κ1) is 29.5. The van der Waals surface area contributed by atoms with Gasteiger partial charge in [0.1, 0.15) is 6.04 Å². The summed E-state index contributed by atoms with van der Waals surface area (Å²) in [6.07, 6.45) is 3.31. The van der Waals surface area contributed by atoms with Crippen LogP contribution in [0.1, 0.15) is 76.9 Å². The Kier molecular flexibility index (Phi) is 8.35. The van der Waals surface area contributed by atoms with Crippen LogP contribution in [0.15, 0.2) is 36.4 Å². The molecule has 0 aromatic heterocycles. The van der Waals surface area contributed by atoms with Gasteiger partial charge in [-0.05, 0) is 68.5 Å². The molecule has 4 amide bonds. The van der Waals surface area contributed by atoms with Crippen molar-refractivity contribution in [3.63, 3.8) is 0 Å². The van der Waals surface area contributed by atoms with Gasteiger partial charge in [-0.2, -0.15) is 0 Å². The van der Waals surface area contributed by atoms with Crippen molar-refractivity contribution in [2.75, 3.05) is 31.5 Å². The monoisotopic (exact) mass is 587 g/mol. The third kappa shape index (κ3) is 5.96. The predicted octanol–water partition coefficient (Wildman–Crippen LogP) is 3.08. The molecular weight excluding hydrogens is 546 g/mol. The van der Waals surface area contributed by atoms with E-state index >= 15 is 0 Å². The second-order valence-electron chi connectivity index (χ2n) is 12.4. The van der Waals surface area contributed by atoms with Crippen LogP contribution in [0.3, 0.4) is 0 Å². The molecule has 43 heavy (non-hydrogen) atoms. The van der Waals surface area contributed by atoms with Gasteiger partial charge in [0.2, 0.25) is 11.8 Å². The highest BCUT2D eigenvalue weighted by Gasteiger charge is 2.45. The van der Waals surface area contributed by atoms with Gasteiger partial charge in [-0.15, -0.1) is 0 Å². The van der Waals surface area contributed by atoms with E-state index in [0.29, 0.717) is 30.5 Å². The molecule has 4 aliphatic rings. The Morgan fingerprint density at radius 1 is 1.05 bits per heavy atom. The molecule has 3 saturated heterocycles. The molecule has 2 aromatic rings. The van der Waals surface area contributed by atoms with Crippen LogP contribution in [0.4, 0.5) is 5.69 Å². The lowest BCUT2D eigenvalue weighted by molar-refractivity contribution is -0.136. The average molecular weight is 588 g/mol. The number of ether oxygens (including phenoxy) is 1. The van der Waals surface area contributed by atoms with E-state index in [-0.39, 0.29) is 24.0 Å². The summed E-state index contributed by atoms with van der Waals surface area (Å²) >= 11 is 0. The highest BCUT2D eigenvalue weighted by Crippen LogP contribution is 2.33. The maximum atomic E-state index is 13.4. The largest absolute Gasteiger partial charge is 0.380 e. The van der Waals surface area contributed by atoms with E-state index in [1.165, 1.54) is 11.1 Å². The van der Waals surface area contributed by atoms with Gasteiger partial charge in [-0.1, -0.05) is 31.2 Å². The Bertz CT molecular complexity index is 1440. The molecule has 4 heterocycles. The second kappa shape index (κ2) is 12.2. The lowest BCUT2D eigenvalue weighted by Gasteiger charge is -2.46. The molecule has 10 heteroatoms. The molecule has 0 radical (unpaired) electrons. The van der Waals surface area contributed by atoms with Gasteiger partial charge in [0, 0.05) is 50.9 Å². The highest BCUT2D eigenvalue weighted by molar-refractivity contribution is 6.25. The van der Waals surface area contributed by atoms with Crippen LogP contribution in [0.2, 0.25) is 0 Å². The zero-order valence-electron chi connectivity index (χ0n) is 25.2. The molecule has 4 aliphatic heterocycles. The number of aryl methyl sites for hydroxylation is 1. The van der Waals surface area contributed by atoms with Gasteiger partial charge in [0.05, 0.1) is 23.3 Å². The number of carbonyl (C=O) groups is 4. The summed E-state index contributed by atoms with van der Waals surface area (Å²) in [4.78, 5) is 56.5. The first-order valence-electron chi connectivity index (χ1n) is 15.5. The number of hydrogen-bond donors (Lipinski definition) is 2. The van der Waals surface area contributed by atoms with Crippen LogP contribution in [0.5, 0.6) is 0 Å². The smallest absolute Gasteiger partial charge is 0.264 e. The maximum absolute atomic E-state index is 13.4. The zero-order chi connectivity index (χ0) is 30.2. The van der Waals surface area contributed by atoms with E-state index in [1.807, 2.05) is 0 Å². The van der Waals surface area contributed by atoms with E-state index in [2.05, 4.69) is 59.4 Å². The number of carbonyl (C=O) groups excluding carboxylic acids is 4. The van der Waals surface area contributed by atoms with Crippen molar-refractivity contribution in [3.8, 4) is 0 Å². The molecule has 6 rings (SSSR count). The Morgan fingerprint density at radius 2 is 1.86 bits per heavy atom. The summed E-state index contributed by atoms with van der Waals surface area (Å²) < 4.78 is 6.06. The van der Waals surface area contributed by atoms with Gasteiger partial charge >= 0.3 is 0 Å². The van der Waals surface area contributed by atoms with Crippen LogP contribution >= 0.6 is 0 Å². The number of nitrogens with one attached hydrogen (secondary N) is 2. The predicted molar refractivity (Wildman–Crippen MR) is 162 cm³/mol. The number of likely N-dealkylation sites (tertiary alicyclic amines) is 1. The average Bonchev–Trinajstić information content (AvgIpc) is 3.49. The number of nitrogens with zero attached hydrogens (tertiary/aromatic N) is 3. The quantitative estimate of drug-likeness (QED) is 0.408. The first-order valence-corrected chi connectivity index (χ1v) is 15.5. The number of rotatable bonds is 10. The molecule has 0 saturated carbocycles. The van der Waals surface area contributed by atoms with E-state index < -0.39 is 29.7 Å². The molecule has 2 N–H and O–H groups in total. The van der Waals surface area contributed by atoms with E-state index in [0.717, 1.165) is 56.0 Å². The van der Waals surface area contributed by atoms with Gasteiger partial charge in [0.25, 0.3) is 11.8 Å². The molecule has 3 fully saturated rings. The molecule has 2 aromatic carbocycles. The first-order chi connectivity index (χ1) is 20.7. The lowest BCUT2D eigenvalue weighted by atomic mass is 10.0. The number of hydrogen-bond acceptors (Lipinski definition) is 8. The van der Waals surface area contributed by atoms with Crippen molar-refractivity contribution >= 4 is 29.3 Å². The van der Waals surface area contributed by atoms with Crippen LogP contribution in [-0.2, 0) is 27.4 Å². The van der Waals surface area contributed by atoms with Crippen molar-refractivity contribution in [2.45, 2.75) is 83.8 Å². The Balaban J connectivity index is 1.04. The van der Waals surface area contributed by atoms with Crippen molar-refractivity contribution in [1.82, 2.24) is 20.0 Å². The minimum atomic E-state index is -0.981. The summed E-state index contributed by atoms with van der Waals surface area (Å²) in [6, 6.07) is 11.2. The molecule has 0 aliphatic carbocycles. The molecule has 228 valence electrons. The fourth-order valence-corrected chi connectivity index (χ4v) is 6.87. The van der Waals surface area contributed by atoms with Crippen LogP contribution in [-0.4, -0.2) is 88.8 Å². The molecule has 10 nitrogen and oxygen atoms in total. The number of imide groups is 2. The van der Waals surface area contributed by atoms with Gasteiger partial charge < -0.3 is 10.1 Å². The van der Waals surface area contributed by atoms with E-state index in [1.54, 1.807) is 18.2 Å². The third-order valence-electron chi connectivity index (χ3n) is 9.37. The maximum Gasteiger partial charge on any atom is 0.264 e. The third-order valence-corrected chi connectivity index (χ3v) is 9.37. The Labute approximate surface area is 252 Å². The van der Waals surface area contributed by atoms with Gasteiger partial charge in [-0.3, -0.25) is 39.2 Å². The number of piperidine rings is 1. The van der Waals surface area contributed by atoms with Gasteiger partial charge in [0.15, 0.2) is 0 Å². The minimum absolute atomic E-state index is 0.0923. The number of likely N-dealkylation sites (N-methyl/N-ethyl adjacent to an activating group) is 1. The summed E-state index contributed by atoms with van der Waals surface area (Å²) in [7, 11) is 0. The van der Waals surface area contributed by atoms with E-state index in [4.69, 9.17) is 4.74 Å². The standard InChI is InChI=1S/C33H41N5O5/c1-4-37(19-25-11-8-21(3)43-25)24-17-36(18-24)16-23-10-9-22(14-20(23)2)15-34-27-7-5-6-26-30(27)33(42)38(32(26)41)28-12-13-29(39)35-31(28)40/h5-7,9-10,14,21,24-25,28,34H,4,8,11-13,15-19H2,1-3H3,(H,35,39,40).